The minimum Gasteiger partial charge on any atom is -0.369 e. The van der Waals surface area contributed by atoms with Crippen LogP contribution in [0.25, 0.3) is 0 Å². The number of anilines is 1. The lowest BCUT2D eigenvalue weighted by Gasteiger charge is -2.23. The molecular weight excluding hydrogens is 210 g/mol. The van der Waals surface area contributed by atoms with Gasteiger partial charge in [0.1, 0.15) is 16.8 Å². The minimum atomic E-state index is 0.269. The van der Waals surface area contributed by atoms with Crippen LogP contribution in [0.15, 0.2) is 6.07 Å². The Hall–Kier alpha value is -0.830. The van der Waals surface area contributed by atoms with Crippen molar-refractivity contribution in [2.75, 3.05) is 11.9 Å². The van der Waals surface area contributed by atoms with E-state index in [-0.39, 0.29) is 5.41 Å². The molecule has 0 spiro atoms. The first kappa shape index (κ1) is 12.2. The second-order valence-corrected chi connectivity index (χ2v) is 4.88. The van der Waals surface area contributed by atoms with Crippen LogP contribution in [0.4, 0.5) is 5.82 Å². The zero-order chi connectivity index (χ0) is 11.5. The molecule has 0 aromatic carbocycles. The van der Waals surface area contributed by atoms with E-state index in [0.29, 0.717) is 11.0 Å². The van der Waals surface area contributed by atoms with Gasteiger partial charge in [0.15, 0.2) is 0 Å². The molecule has 1 aromatic heterocycles. The van der Waals surface area contributed by atoms with Gasteiger partial charge < -0.3 is 5.32 Å². The summed E-state index contributed by atoms with van der Waals surface area (Å²) >= 11 is 5.84. The van der Waals surface area contributed by atoms with E-state index in [1.807, 2.05) is 6.92 Å². The maximum absolute atomic E-state index is 5.84. The average molecular weight is 228 g/mol. The third-order valence-electron chi connectivity index (χ3n) is 2.51. The first-order valence-electron chi connectivity index (χ1n) is 5.18. The Kier molecular flexibility index (Phi) is 3.91. The molecule has 0 aliphatic heterocycles. The lowest BCUT2D eigenvalue weighted by Crippen LogP contribution is -2.22. The van der Waals surface area contributed by atoms with Crippen LogP contribution in [0.5, 0.6) is 0 Å². The largest absolute Gasteiger partial charge is 0.369 e. The molecule has 4 heteroatoms. The van der Waals surface area contributed by atoms with Gasteiger partial charge in [-0.15, -0.1) is 0 Å². The number of nitrogens with one attached hydrogen (secondary N) is 1. The lowest BCUT2D eigenvalue weighted by atomic mass is 9.90. The monoisotopic (exact) mass is 227 g/mol. The van der Waals surface area contributed by atoms with E-state index in [4.69, 9.17) is 11.6 Å². The summed E-state index contributed by atoms with van der Waals surface area (Å²) in [7, 11) is 0. The van der Waals surface area contributed by atoms with Gasteiger partial charge in [0.25, 0.3) is 0 Å². The molecule has 1 N–H and O–H groups in total. The molecule has 3 nitrogen and oxygen atoms in total. The maximum atomic E-state index is 5.84. The Morgan fingerprint density at radius 1 is 1.40 bits per heavy atom. The van der Waals surface area contributed by atoms with Crippen molar-refractivity contribution in [1.29, 1.82) is 0 Å². The van der Waals surface area contributed by atoms with Gasteiger partial charge in [0.05, 0.1) is 0 Å². The van der Waals surface area contributed by atoms with Gasteiger partial charge in [0.2, 0.25) is 0 Å². The molecule has 84 valence electrons. The van der Waals surface area contributed by atoms with Gasteiger partial charge in [-0.25, -0.2) is 9.97 Å². The summed E-state index contributed by atoms with van der Waals surface area (Å²) in [6.45, 7) is 9.34. The lowest BCUT2D eigenvalue weighted by molar-refractivity contribution is 0.376. The molecule has 0 radical (unpaired) electrons. The van der Waals surface area contributed by atoms with Crippen molar-refractivity contribution >= 4 is 17.4 Å². The summed E-state index contributed by atoms with van der Waals surface area (Å²) in [5, 5.41) is 3.77. The number of aryl methyl sites for hydroxylation is 1. The highest BCUT2D eigenvalue weighted by Gasteiger charge is 2.14. The molecule has 0 atom stereocenters. The van der Waals surface area contributed by atoms with Crippen molar-refractivity contribution in [1.82, 2.24) is 9.97 Å². The molecule has 0 fully saturated rings. The topological polar surface area (TPSA) is 37.8 Å². The third kappa shape index (κ3) is 4.04. The summed E-state index contributed by atoms with van der Waals surface area (Å²) < 4.78 is 0. The molecule has 0 aliphatic carbocycles. The normalized spacial score (nSPS) is 11.5. The van der Waals surface area contributed by atoms with Crippen LogP contribution in [0.2, 0.25) is 5.15 Å². The smallest absolute Gasteiger partial charge is 0.134 e. The van der Waals surface area contributed by atoms with Crippen molar-refractivity contribution in [2.45, 2.75) is 34.1 Å². The molecule has 1 heterocycles. The number of rotatable bonds is 4. The Morgan fingerprint density at radius 2 is 2.07 bits per heavy atom. The maximum Gasteiger partial charge on any atom is 0.134 e. The fraction of sp³-hybridized carbons (Fsp3) is 0.636. The van der Waals surface area contributed by atoms with Crippen LogP contribution in [0.1, 0.15) is 33.0 Å². The molecule has 15 heavy (non-hydrogen) atoms. The highest BCUT2D eigenvalue weighted by molar-refractivity contribution is 6.29. The summed E-state index contributed by atoms with van der Waals surface area (Å²) in [4.78, 5) is 8.28. The summed E-state index contributed by atoms with van der Waals surface area (Å²) in [6.07, 6.45) is 1.12. The highest BCUT2D eigenvalue weighted by atomic mass is 35.5. The van der Waals surface area contributed by atoms with Gasteiger partial charge in [0, 0.05) is 12.6 Å². The van der Waals surface area contributed by atoms with E-state index in [2.05, 4.69) is 36.1 Å². The number of hydrogen-bond donors (Lipinski definition) is 1. The minimum absolute atomic E-state index is 0.269. The van der Waals surface area contributed by atoms with Crippen LogP contribution in [-0.2, 0) is 0 Å². The molecular formula is C11H18ClN3. The zero-order valence-corrected chi connectivity index (χ0v) is 10.5. The Morgan fingerprint density at radius 3 is 2.60 bits per heavy atom. The van der Waals surface area contributed by atoms with E-state index in [9.17, 15) is 0 Å². The number of nitrogens with zero attached hydrogens (tertiary/aromatic N) is 2. The van der Waals surface area contributed by atoms with Crippen molar-refractivity contribution in [2.24, 2.45) is 5.41 Å². The van der Waals surface area contributed by atoms with Crippen molar-refractivity contribution < 1.29 is 0 Å². The Balaban J connectivity index is 2.65. The zero-order valence-electron chi connectivity index (χ0n) is 9.76. The fourth-order valence-electron chi connectivity index (χ4n) is 1.08. The van der Waals surface area contributed by atoms with Gasteiger partial charge >= 0.3 is 0 Å². The van der Waals surface area contributed by atoms with E-state index in [0.717, 1.165) is 18.8 Å². The van der Waals surface area contributed by atoms with Gasteiger partial charge in [-0.1, -0.05) is 32.4 Å². The highest BCUT2D eigenvalue weighted by Crippen LogP contribution is 2.20. The predicted molar refractivity (Wildman–Crippen MR) is 64.3 cm³/mol. The Bertz CT molecular complexity index is 316. The first-order valence-corrected chi connectivity index (χ1v) is 5.56. The van der Waals surface area contributed by atoms with Gasteiger partial charge in [-0.05, 0) is 18.8 Å². The molecule has 0 amide bonds. The van der Waals surface area contributed by atoms with E-state index < -0.39 is 0 Å². The molecule has 1 rings (SSSR count). The Labute approximate surface area is 96.3 Å². The van der Waals surface area contributed by atoms with Crippen LogP contribution in [-0.4, -0.2) is 16.5 Å². The summed E-state index contributed by atoms with van der Waals surface area (Å²) in [5.74, 6) is 1.49. The summed E-state index contributed by atoms with van der Waals surface area (Å²) in [6, 6.07) is 1.75. The quantitative estimate of drug-likeness (QED) is 0.803. The standard InChI is InChI=1S/C11H18ClN3/c1-5-11(3,4)7-13-10-6-9(12)14-8(2)15-10/h6H,5,7H2,1-4H3,(H,13,14,15). The van der Waals surface area contributed by atoms with Crippen molar-refractivity contribution in [3.05, 3.63) is 17.0 Å². The van der Waals surface area contributed by atoms with Crippen molar-refractivity contribution in [3.8, 4) is 0 Å². The molecule has 0 saturated carbocycles. The molecule has 0 aliphatic rings. The van der Waals surface area contributed by atoms with E-state index in [1.165, 1.54) is 0 Å². The molecule has 0 unspecified atom stereocenters. The molecule has 0 saturated heterocycles. The number of aromatic nitrogens is 2. The average Bonchev–Trinajstić information content (AvgIpc) is 2.14. The van der Waals surface area contributed by atoms with E-state index >= 15 is 0 Å². The van der Waals surface area contributed by atoms with Gasteiger partial charge in [-0.2, -0.15) is 0 Å². The van der Waals surface area contributed by atoms with Crippen molar-refractivity contribution in [3.63, 3.8) is 0 Å². The summed E-state index contributed by atoms with van der Waals surface area (Å²) in [5.41, 5.74) is 0.269. The van der Waals surface area contributed by atoms with E-state index in [1.54, 1.807) is 6.07 Å². The van der Waals surface area contributed by atoms with Crippen LogP contribution < -0.4 is 5.32 Å². The number of halogens is 1. The SMILES string of the molecule is CCC(C)(C)CNc1cc(Cl)nc(C)n1. The molecule has 0 bridgehead atoms. The third-order valence-corrected chi connectivity index (χ3v) is 2.71. The predicted octanol–water partition coefficient (Wildman–Crippen LogP) is 3.29. The fourth-order valence-corrected chi connectivity index (χ4v) is 1.30. The number of hydrogen-bond acceptors (Lipinski definition) is 3. The van der Waals surface area contributed by atoms with Crippen LogP contribution in [0.3, 0.4) is 0 Å². The second-order valence-electron chi connectivity index (χ2n) is 4.49. The molecule has 1 aromatic rings. The first-order chi connectivity index (χ1) is 6.93. The second kappa shape index (κ2) is 4.79. The van der Waals surface area contributed by atoms with Gasteiger partial charge in [-0.3, -0.25) is 0 Å². The van der Waals surface area contributed by atoms with Crippen LogP contribution in [0, 0.1) is 12.3 Å². The van der Waals surface area contributed by atoms with Crippen LogP contribution >= 0.6 is 11.6 Å².